The molecule has 0 aromatic heterocycles. The SMILES string of the molecule is COc1ccc(C2(c3ccc(OC(=O)Oc4ccc(C(C)(C)c5ccc(ON)cc5)cc4)c(C)c3)CCCCC2)cc1C. The van der Waals surface area contributed by atoms with Crippen LogP contribution >= 0.6 is 0 Å². The van der Waals surface area contributed by atoms with Crippen LogP contribution in [0.3, 0.4) is 0 Å². The van der Waals surface area contributed by atoms with E-state index in [9.17, 15) is 4.79 Å². The van der Waals surface area contributed by atoms with Gasteiger partial charge in [-0.1, -0.05) is 81.6 Å². The molecule has 0 amide bonds. The number of ether oxygens (including phenoxy) is 3. The van der Waals surface area contributed by atoms with Crippen LogP contribution in [-0.4, -0.2) is 13.3 Å². The number of carbonyl (C=O) groups excluding carboxylic acids is 1. The highest BCUT2D eigenvalue weighted by Gasteiger charge is 2.36. The summed E-state index contributed by atoms with van der Waals surface area (Å²) < 4.78 is 16.7. The van der Waals surface area contributed by atoms with E-state index in [1.54, 1.807) is 19.2 Å². The summed E-state index contributed by atoms with van der Waals surface area (Å²) in [6, 6.07) is 27.9. The number of nitrogens with two attached hydrogens (primary N) is 1. The number of carbonyl (C=O) groups is 1. The van der Waals surface area contributed by atoms with Crippen molar-refractivity contribution in [3.63, 3.8) is 0 Å². The Morgan fingerprint density at radius 1 is 0.698 bits per heavy atom. The van der Waals surface area contributed by atoms with Gasteiger partial charge in [-0.15, -0.1) is 0 Å². The molecule has 0 heterocycles. The topological polar surface area (TPSA) is 80.0 Å². The van der Waals surface area contributed by atoms with Gasteiger partial charge in [0.1, 0.15) is 23.0 Å². The van der Waals surface area contributed by atoms with Crippen LogP contribution in [0.1, 0.15) is 79.3 Å². The average Bonchev–Trinajstić information content (AvgIpc) is 3.02. The maximum Gasteiger partial charge on any atom is 0.519 e. The molecule has 224 valence electrons. The lowest BCUT2D eigenvalue weighted by Crippen LogP contribution is -2.30. The van der Waals surface area contributed by atoms with E-state index in [0.717, 1.165) is 40.8 Å². The van der Waals surface area contributed by atoms with Crippen LogP contribution in [0.2, 0.25) is 0 Å². The molecular formula is C37H41NO5. The number of benzene rings is 4. The van der Waals surface area contributed by atoms with Crippen LogP contribution in [0.25, 0.3) is 0 Å². The van der Waals surface area contributed by atoms with E-state index in [1.807, 2.05) is 49.4 Å². The van der Waals surface area contributed by atoms with Gasteiger partial charge in [-0.3, -0.25) is 0 Å². The molecule has 1 aliphatic carbocycles. The maximum absolute atomic E-state index is 12.8. The van der Waals surface area contributed by atoms with Crippen LogP contribution in [0, 0.1) is 13.8 Å². The van der Waals surface area contributed by atoms with E-state index in [1.165, 1.54) is 30.4 Å². The zero-order valence-corrected chi connectivity index (χ0v) is 25.7. The number of hydrogen-bond acceptors (Lipinski definition) is 6. The van der Waals surface area contributed by atoms with Gasteiger partial charge < -0.3 is 19.0 Å². The molecular weight excluding hydrogens is 538 g/mol. The van der Waals surface area contributed by atoms with Crippen LogP contribution < -0.4 is 24.9 Å². The molecule has 6 nitrogen and oxygen atoms in total. The molecule has 4 aromatic rings. The summed E-state index contributed by atoms with van der Waals surface area (Å²) in [6.45, 7) is 8.34. The molecule has 4 aromatic carbocycles. The van der Waals surface area contributed by atoms with Gasteiger partial charge in [0.15, 0.2) is 0 Å². The predicted octanol–water partition coefficient (Wildman–Crippen LogP) is 8.72. The maximum atomic E-state index is 12.8. The summed E-state index contributed by atoms with van der Waals surface area (Å²) >= 11 is 0. The fraction of sp³-hybridized carbons (Fsp3) is 0.324. The molecule has 43 heavy (non-hydrogen) atoms. The second kappa shape index (κ2) is 12.5. The van der Waals surface area contributed by atoms with Crippen LogP contribution in [0.4, 0.5) is 4.79 Å². The zero-order valence-electron chi connectivity index (χ0n) is 25.7. The molecule has 0 atom stereocenters. The van der Waals surface area contributed by atoms with Gasteiger partial charge >= 0.3 is 6.16 Å². The third-order valence-corrected chi connectivity index (χ3v) is 9.06. The molecule has 0 aliphatic heterocycles. The Kier molecular flexibility index (Phi) is 8.79. The minimum absolute atomic E-state index is 0.0746. The van der Waals surface area contributed by atoms with Crippen molar-refractivity contribution >= 4 is 6.16 Å². The molecule has 0 radical (unpaired) electrons. The van der Waals surface area contributed by atoms with Crippen molar-refractivity contribution in [2.24, 2.45) is 5.90 Å². The lowest BCUT2D eigenvalue weighted by Gasteiger charge is -2.39. The molecule has 1 fully saturated rings. The summed E-state index contributed by atoms with van der Waals surface area (Å²) in [5.41, 5.74) is 6.43. The summed E-state index contributed by atoms with van der Waals surface area (Å²) in [6.07, 6.45) is 5.01. The molecule has 0 bridgehead atoms. The summed E-state index contributed by atoms with van der Waals surface area (Å²) in [5.74, 6) is 7.67. The molecule has 0 spiro atoms. The summed E-state index contributed by atoms with van der Waals surface area (Å²) in [4.78, 5) is 17.6. The van der Waals surface area contributed by atoms with E-state index in [-0.39, 0.29) is 10.8 Å². The minimum Gasteiger partial charge on any atom is -0.496 e. The van der Waals surface area contributed by atoms with Gasteiger partial charge in [-0.25, -0.2) is 4.79 Å². The monoisotopic (exact) mass is 579 g/mol. The van der Waals surface area contributed by atoms with Crippen molar-refractivity contribution < 1.29 is 23.8 Å². The Hall–Kier alpha value is -4.29. The van der Waals surface area contributed by atoms with Crippen LogP contribution in [-0.2, 0) is 10.8 Å². The fourth-order valence-electron chi connectivity index (χ4n) is 6.40. The Labute approximate surface area is 254 Å². The zero-order chi connectivity index (χ0) is 30.6. The first kappa shape index (κ1) is 30.2. The van der Waals surface area contributed by atoms with Gasteiger partial charge in [-0.2, -0.15) is 5.90 Å². The van der Waals surface area contributed by atoms with Gasteiger partial charge in [0.05, 0.1) is 7.11 Å². The van der Waals surface area contributed by atoms with Crippen molar-refractivity contribution in [2.75, 3.05) is 7.11 Å². The van der Waals surface area contributed by atoms with Crippen molar-refractivity contribution in [1.82, 2.24) is 0 Å². The lowest BCUT2D eigenvalue weighted by atomic mass is 9.65. The van der Waals surface area contributed by atoms with E-state index in [2.05, 4.69) is 51.1 Å². The first-order chi connectivity index (χ1) is 20.7. The number of methoxy groups -OCH3 is 1. The fourth-order valence-corrected chi connectivity index (χ4v) is 6.40. The number of rotatable bonds is 8. The van der Waals surface area contributed by atoms with Crippen LogP contribution in [0.15, 0.2) is 84.9 Å². The molecule has 1 aliphatic rings. The highest BCUT2D eigenvalue weighted by atomic mass is 16.7. The van der Waals surface area contributed by atoms with Gasteiger partial charge in [0, 0.05) is 10.8 Å². The van der Waals surface area contributed by atoms with Crippen molar-refractivity contribution in [3.8, 4) is 23.0 Å². The predicted molar refractivity (Wildman–Crippen MR) is 169 cm³/mol. The number of aryl methyl sites for hydroxylation is 2. The first-order valence-corrected chi connectivity index (χ1v) is 14.9. The first-order valence-electron chi connectivity index (χ1n) is 14.9. The molecule has 1 saturated carbocycles. The average molecular weight is 580 g/mol. The smallest absolute Gasteiger partial charge is 0.496 e. The van der Waals surface area contributed by atoms with Crippen molar-refractivity contribution in [1.29, 1.82) is 0 Å². The van der Waals surface area contributed by atoms with Gasteiger partial charge in [0.2, 0.25) is 0 Å². The highest BCUT2D eigenvalue weighted by molar-refractivity contribution is 5.68. The Morgan fingerprint density at radius 2 is 1.21 bits per heavy atom. The minimum atomic E-state index is -0.765. The standard InChI is InChI=1S/C37H41NO5/c1-25-23-29(13-19-33(25)40-5)37(21-7-6-8-22-37)30-14-20-34(26(2)24-30)42-35(39)41-31-15-9-27(10-16-31)36(3,4)28-11-17-32(43-38)18-12-28/h9-20,23-24H,6-8,21-22,38H2,1-5H3. The Morgan fingerprint density at radius 3 is 1.70 bits per heavy atom. The molecule has 6 heteroatoms. The Bertz CT molecular complexity index is 1570. The third-order valence-electron chi connectivity index (χ3n) is 9.06. The third kappa shape index (κ3) is 6.25. The highest BCUT2D eigenvalue weighted by Crippen LogP contribution is 2.46. The normalized spacial score (nSPS) is 14.6. The van der Waals surface area contributed by atoms with Crippen molar-refractivity contribution in [3.05, 3.63) is 118 Å². The van der Waals surface area contributed by atoms with Crippen LogP contribution in [0.5, 0.6) is 23.0 Å². The molecule has 5 rings (SSSR count). The van der Waals surface area contributed by atoms with Gasteiger partial charge in [-0.05, 0) is 96.5 Å². The largest absolute Gasteiger partial charge is 0.519 e. The summed E-state index contributed by atoms with van der Waals surface area (Å²) in [7, 11) is 1.71. The second-order valence-electron chi connectivity index (χ2n) is 12.1. The molecule has 0 saturated heterocycles. The second-order valence-corrected chi connectivity index (χ2v) is 12.1. The van der Waals surface area contributed by atoms with E-state index < -0.39 is 6.16 Å². The number of hydrogen-bond donors (Lipinski definition) is 1. The lowest BCUT2D eigenvalue weighted by molar-refractivity contribution is 0.151. The molecule has 0 unspecified atom stereocenters. The van der Waals surface area contributed by atoms with Crippen molar-refractivity contribution in [2.45, 2.75) is 70.6 Å². The van der Waals surface area contributed by atoms with E-state index in [4.69, 9.17) is 24.9 Å². The summed E-state index contributed by atoms with van der Waals surface area (Å²) in [5, 5.41) is 0. The van der Waals surface area contributed by atoms with Gasteiger partial charge in [0.25, 0.3) is 0 Å². The van der Waals surface area contributed by atoms with E-state index in [0.29, 0.717) is 17.2 Å². The Balaban J connectivity index is 1.29. The molecule has 2 N–H and O–H groups in total. The van der Waals surface area contributed by atoms with E-state index >= 15 is 0 Å². The quantitative estimate of drug-likeness (QED) is 0.128.